The molecule has 7 nitrogen and oxygen atoms in total. The third-order valence-electron chi connectivity index (χ3n) is 3.58. The first-order valence-corrected chi connectivity index (χ1v) is 11.6. The van der Waals surface area contributed by atoms with E-state index in [9.17, 15) is 8.42 Å². The van der Waals surface area contributed by atoms with Crippen LogP contribution in [0.25, 0.3) is 0 Å². The molecule has 0 amide bonds. The summed E-state index contributed by atoms with van der Waals surface area (Å²) < 4.78 is 33.1. The highest BCUT2D eigenvalue weighted by atomic mass is 32.2. The van der Waals surface area contributed by atoms with Crippen molar-refractivity contribution in [2.24, 2.45) is 4.99 Å². The van der Waals surface area contributed by atoms with Crippen molar-refractivity contribution in [3.63, 3.8) is 0 Å². The second-order valence-electron chi connectivity index (χ2n) is 6.36. The number of sulfonamides is 1. The molecule has 1 heterocycles. The zero-order chi connectivity index (χ0) is 21.1. The summed E-state index contributed by atoms with van der Waals surface area (Å²) in [5.74, 6) is 5.83. The average Bonchev–Trinajstić information content (AvgIpc) is 3.12. The molecule has 2 rings (SSSR count). The van der Waals surface area contributed by atoms with Crippen molar-refractivity contribution in [3.8, 4) is 12.3 Å². The van der Waals surface area contributed by atoms with Crippen LogP contribution in [0.2, 0.25) is 0 Å². The Hall–Kier alpha value is -2.41. The lowest BCUT2D eigenvalue weighted by Crippen LogP contribution is -2.41. The van der Waals surface area contributed by atoms with E-state index in [-0.39, 0.29) is 17.4 Å². The quantitative estimate of drug-likeness (QED) is 0.258. The maximum absolute atomic E-state index is 12.5. The SMILES string of the molecule is C#CCNC(=NCCSCc1ccc(CN(C)C)o1)NS(=O)(=O)c1ccccc1. The third kappa shape index (κ3) is 8.23. The van der Waals surface area contributed by atoms with E-state index in [1.807, 2.05) is 31.1 Å². The molecule has 9 heteroatoms. The summed E-state index contributed by atoms with van der Waals surface area (Å²) in [6, 6.07) is 12.1. The van der Waals surface area contributed by atoms with Crippen LogP contribution in [0.1, 0.15) is 11.5 Å². The van der Waals surface area contributed by atoms with Gasteiger partial charge in [0, 0.05) is 5.75 Å². The van der Waals surface area contributed by atoms with Gasteiger partial charge in [0.15, 0.2) is 0 Å². The van der Waals surface area contributed by atoms with Crippen molar-refractivity contribution in [3.05, 3.63) is 54.0 Å². The topological polar surface area (TPSA) is 86.9 Å². The number of aliphatic imine (C=N–C) groups is 1. The van der Waals surface area contributed by atoms with Gasteiger partial charge in [-0.1, -0.05) is 24.1 Å². The zero-order valence-corrected chi connectivity index (χ0v) is 18.2. The normalized spacial score (nSPS) is 12.0. The number of hydrogen-bond donors (Lipinski definition) is 2. The number of terminal acetylenes is 1. The van der Waals surface area contributed by atoms with Gasteiger partial charge >= 0.3 is 0 Å². The molecule has 0 atom stereocenters. The molecular formula is C20H26N4O3S2. The summed E-state index contributed by atoms with van der Waals surface area (Å²) in [5, 5.41) is 2.82. The molecule has 0 radical (unpaired) electrons. The van der Waals surface area contributed by atoms with E-state index in [4.69, 9.17) is 10.8 Å². The molecule has 1 aromatic carbocycles. The molecular weight excluding hydrogens is 408 g/mol. The minimum absolute atomic E-state index is 0.138. The van der Waals surface area contributed by atoms with Crippen LogP contribution in [0, 0.1) is 12.3 Å². The van der Waals surface area contributed by atoms with E-state index < -0.39 is 10.0 Å². The van der Waals surface area contributed by atoms with Gasteiger partial charge in [0.2, 0.25) is 5.96 Å². The molecule has 0 unspecified atom stereocenters. The van der Waals surface area contributed by atoms with Gasteiger partial charge in [-0.2, -0.15) is 11.8 Å². The van der Waals surface area contributed by atoms with E-state index in [1.54, 1.807) is 30.0 Å². The molecule has 0 saturated heterocycles. The Labute approximate surface area is 177 Å². The van der Waals surface area contributed by atoms with Crippen molar-refractivity contribution in [1.82, 2.24) is 14.9 Å². The third-order valence-corrected chi connectivity index (χ3v) is 5.90. The number of furan rings is 1. The molecule has 2 aromatic rings. The Morgan fingerprint density at radius 2 is 1.93 bits per heavy atom. The first-order chi connectivity index (χ1) is 13.9. The average molecular weight is 435 g/mol. The fourth-order valence-electron chi connectivity index (χ4n) is 2.34. The molecule has 29 heavy (non-hydrogen) atoms. The Balaban J connectivity index is 1.87. The van der Waals surface area contributed by atoms with Gasteiger partial charge < -0.3 is 14.6 Å². The Morgan fingerprint density at radius 3 is 2.62 bits per heavy atom. The Morgan fingerprint density at radius 1 is 1.21 bits per heavy atom. The van der Waals surface area contributed by atoms with Crippen molar-refractivity contribution < 1.29 is 12.8 Å². The van der Waals surface area contributed by atoms with E-state index in [2.05, 4.69) is 21.0 Å². The highest BCUT2D eigenvalue weighted by molar-refractivity contribution is 7.98. The van der Waals surface area contributed by atoms with Crippen molar-refractivity contribution in [2.45, 2.75) is 17.2 Å². The predicted octanol–water partition coefficient (Wildman–Crippen LogP) is 2.13. The van der Waals surface area contributed by atoms with Crippen LogP contribution in [0.4, 0.5) is 0 Å². The summed E-state index contributed by atoms with van der Waals surface area (Å²) in [6.07, 6.45) is 5.26. The molecule has 0 bridgehead atoms. The van der Waals surface area contributed by atoms with Gasteiger partial charge in [0.05, 0.1) is 30.3 Å². The van der Waals surface area contributed by atoms with Gasteiger partial charge in [-0.05, 0) is 38.4 Å². The number of guanidine groups is 1. The summed E-state index contributed by atoms with van der Waals surface area (Å²) in [7, 11) is 0.265. The lowest BCUT2D eigenvalue weighted by Gasteiger charge is -2.11. The number of nitrogens with one attached hydrogen (secondary N) is 2. The van der Waals surface area contributed by atoms with Crippen molar-refractivity contribution in [1.29, 1.82) is 0 Å². The van der Waals surface area contributed by atoms with Crippen molar-refractivity contribution >= 4 is 27.7 Å². The van der Waals surface area contributed by atoms with Crippen LogP contribution in [0.3, 0.4) is 0 Å². The van der Waals surface area contributed by atoms with Gasteiger partial charge in [0.25, 0.3) is 10.0 Å². The maximum atomic E-state index is 12.5. The van der Waals surface area contributed by atoms with Gasteiger partial charge in [-0.25, -0.2) is 13.1 Å². The first-order valence-electron chi connectivity index (χ1n) is 9.00. The highest BCUT2D eigenvalue weighted by Gasteiger charge is 2.15. The predicted molar refractivity (Wildman–Crippen MR) is 118 cm³/mol. The van der Waals surface area contributed by atoms with Gasteiger partial charge in [0.1, 0.15) is 11.5 Å². The lowest BCUT2D eigenvalue weighted by molar-refractivity contribution is 0.344. The lowest BCUT2D eigenvalue weighted by atomic mass is 10.4. The minimum Gasteiger partial charge on any atom is -0.464 e. The van der Waals surface area contributed by atoms with E-state index in [1.165, 1.54) is 12.1 Å². The zero-order valence-electron chi connectivity index (χ0n) is 16.6. The largest absolute Gasteiger partial charge is 0.464 e. The molecule has 2 N–H and O–H groups in total. The second-order valence-corrected chi connectivity index (χ2v) is 9.15. The van der Waals surface area contributed by atoms with Gasteiger partial charge in [-0.15, -0.1) is 6.42 Å². The first kappa shape index (κ1) is 22.9. The number of rotatable bonds is 10. The molecule has 1 aromatic heterocycles. The number of benzene rings is 1. The fourth-order valence-corrected chi connectivity index (χ4v) is 4.08. The maximum Gasteiger partial charge on any atom is 0.264 e. The monoisotopic (exact) mass is 434 g/mol. The second kappa shape index (κ2) is 11.6. The van der Waals surface area contributed by atoms with Crippen LogP contribution >= 0.6 is 11.8 Å². The van der Waals surface area contributed by atoms with E-state index >= 15 is 0 Å². The van der Waals surface area contributed by atoms with Crippen LogP contribution in [0.5, 0.6) is 0 Å². The summed E-state index contributed by atoms with van der Waals surface area (Å²) >= 11 is 1.66. The number of thioether (sulfide) groups is 1. The van der Waals surface area contributed by atoms with Crippen LogP contribution < -0.4 is 10.0 Å². The molecule has 0 fully saturated rings. The summed E-state index contributed by atoms with van der Waals surface area (Å²) in [5.41, 5.74) is 0. The molecule has 0 aliphatic carbocycles. The van der Waals surface area contributed by atoms with E-state index in [0.29, 0.717) is 12.3 Å². The number of hydrogen-bond acceptors (Lipinski definition) is 6. The standard InChI is InChI=1S/C20H26N4O3S2/c1-4-12-21-20(23-29(25,26)19-8-6-5-7-9-19)22-13-14-28-16-18-11-10-17(27-18)15-24(2)3/h1,5-11H,12-16H2,2-3H3,(H2,21,22,23). The molecule has 0 aliphatic rings. The number of nitrogens with zero attached hydrogens (tertiary/aromatic N) is 2. The summed E-state index contributed by atoms with van der Waals surface area (Å²) in [4.78, 5) is 6.52. The van der Waals surface area contributed by atoms with E-state index in [0.717, 1.165) is 23.8 Å². The van der Waals surface area contributed by atoms with Crippen molar-refractivity contribution in [2.75, 3.05) is 32.9 Å². The smallest absolute Gasteiger partial charge is 0.264 e. The molecule has 0 saturated carbocycles. The molecule has 0 spiro atoms. The Bertz CT molecular complexity index is 932. The van der Waals surface area contributed by atoms with Crippen LogP contribution in [0.15, 0.2) is 56.8 Å². The minimum atomic E-state index is -3.72. The van der Waals surface area contributed by atoms with Gasteiger partial charge in [-0.3, -0.25) is 4.99 Å². The van der Waals surface area contributed by atoms with Crippen LogP contribution in [-0.2, 0) is 22.3 Å². The highest BCUT2D eigenvalue weighted by Crippen LogP contribution is 2.16. The molecule has 156 valence electrons. The van der Waals surface area contributed by atoms with Crippen LogP contribution in [-0.4, -0.2) is 52.2 Å². The summed E-state index contributed by atoms with van der Waals surface area (Å²) in [6.45, 7) is 1.37. The Kier molecular flexibility index (Phi) is 9.12. The fraction of sp³-hybridized carbons (Fsp3) is 0.350. The molecule has 0 aliphatic heterocycles.